The van der Waals surface area contributed by atoms with Gasteiger partial charge >= 0.3 is 12.1 Å². The summed E-state index contributed by atoms with van der Waals surface area (Å²) in [5.41, 5.74) is 0.380. The van der Waals surface area contributed by atoms with Gasteiger partial charge in [0.25, 0.3) is 0 Å². The number of benzene rings is 2. The van der Waals surface area contributed by atoms with Crippen molar-refractivity contribution in [2.24, 2.45) is 0 Å². The predicted octanol–water partition coefficient (Wildman–Crippen LogP) is 5.15. The second kappa shape index (κ2) is 8.52. The zero-order chi connectivity index (χ0) is 21.9. The van der Waals surface area contributed by atoms with E-state index in [0.717, 1.165) is 12.1 Å². The van der Waals surface area contributed by atoms with Gasteiger partial charge in [0.1, 0.15) is 11.4 Å². The minimum absolute atomic E-state index is 0.146. The second-order valence-corrected chi connectivity index (χ2v) is 6.54. The molecule has 1 N–H and O–H groups in total. The largest absolute Gasteiger partial charge is 0.506 e. The average Bonchev–Trinajstić information content (AvgIpc) is 2.70. The number of hydrogen-bond donors (Lipinski definition) is 1. The fraction of sp³-hybridized carbons (Fsp3) is 0.227. The number of ether oxygens (including phenoxy) is 1. The maximum Gasteiger partial charge on any atom is 0.416 e. The van der Waals surface area contributed by atoms with E-state index in [0.29, 0.717) is 22.0 Å². The van der Waals surface area contributed by atoms with Crippen LogP contribution in [-0.2, 0) is 15.7 Å². The number of aromatic hydroxyl groups is 1. The van der Waals surface area contributed by atoms with Crippen LogP contribution in [0.4, 0.5) is 13.2 Å². The first-order valence-corrected chi connectivity index (χ1v) is 9.20. The van der Waals surface area contributed by atoms with Crippen molar-refractivity contribution in [3.8, 4) is 16.9 Å². The minimum atomic E-state index is -4.44. The molecule has 0 aliphatic rings. The zero-order valence-electron chi connectivity index (χ0n) is 16.0. The number of para-hydroxylation sites is 1. The van der Waals surface area contributed by atoms with Crippen LogP contribution in [-0.4, -0.2) is 28.4 Å². The summed E-state index contributed by atoms with van der Waals surface area (Å²) in [6.45, 7) is 1.85. The summed E-state index contributed by atoms with van der Waals surface area (Å²) in [7, 11) is 0. The Bertz CT molecular complexity index is 1090. The molecular formula is C22H18F3NO4. The van der Waals surface area contributed by atoms with Gasteiger partial charge < -0.3 is 9.84 Å². The molecule has 0 spiro atoms. The summed E-state index contributed by atoms with van der Waals surface area (Å²) in [6.07, 6.45) is -4.78. The van der Waals surface area contributed by atoms with Crippen LogP contribution in [0.2, 0.25) is 0 Å². The first-order chi connectivity index (χ1) is 14.2. The van der Waals surface area contributed by atoms with Crippen LogP contribution in [0.15, 0.2) is 48.5 Å². The molecule has 8 heteroatoms. The molecule has 0 saturated heterocycles. The number of nitrogens with zero attached hydrogens (tertiary/aromatic N) is 1. The lowest BCUT2D eigenvalue weighted by Gasteiger charge is -2.11. The number of carbonyl (C=O) groups excluding carboxylic acids is 2. The Morgan fingerprint density at radius 3 is 2.40 bits per heavy atom. The number of carbonyl (C=O) groups is 2. The number of halogens is 3. The molecule has 5 nitrogen and oxygen atoms in total. The average molecular weight is 417 g/mol. The number of pyridine rings is 1. The number of aromatic nitrogens is 1. The quantitative estimate of drug-likeness (QED) is 0.443. The Morgan fingerprint density at radius 1 is 1.07 bits per heavy atom. The van der Waals surface area contributed by atoms with E-state index in [9.17, 15) is 27.9 Å². The van der Waals surface area contributed by atoms with Gasteiger partial charge in [0.2, 0.25) is 0 Å². The smallest absolute Gasteiger partial charge is 0.416 e. The molecule has 1 aromatic heterocycles. The van der Waals surface area contributed by atoms with Crippen LogP contribution < -0.4 is 0 Å². The van der Waals surface area contributed by atoms with Crippen molar-refractivity contribution in [1.29, 1.82) is 0 Å². The number of hydrogen-bond acceptors (Lipinski definition) is 5. The van der Waals surface area contributed by atoms with Crippen molar-refractivity contribution in [2.75, 3.05) is 6.61 Å². The highest BCUT2D eigenvalue weighted by molar-refractivity contribution is 6.02. The second-order valence-electron chi connectivity index (χ2n) is 6.54. The number of Topliss-reactive ketones (excluding diaryl/α,β-unsaturated/α-hetero) is 1. The topological polar surface area (TPSA) is 76.5 Å². The molecule has 0 bridgehead atoms. The van der Waals surface area contributed by atoms with Gasteiger partial charge in [0.15, 0.2) is 5.78 Å². The molecule has 0 radical (unpaired) electrons. The van der Waals surface area contributed by atoms with Gasteiger partial charge in [-0.3, -0.25) is 9.59 Å². The van der Waals surface area contributed by atoms with Crippen molar-refractivity contribution in [2.45, 2.75) is 25.9 Å². The number of esters is 1. The van der Waals surface area contributed by atoms with Gasteiger partial charge in [-0.25, -0.2) is 4.98 Å². The normalized spacial score (nSPS) is 11.5. The molecule has 0 saturated carbocycles. The van der Waals surface area contributed by atoms with Gasteiger partial charge in [-0.15, -0.1) is 0 Å². The van der Waals surface area contributed by atoms with Crippen molar-refractivity contribution in [1.82, 2.24) is 4.98 Å². The van der Waals surface area contributed by atoms with Crippen LogP contribution in [0.5, 0.6) is 5.75 Å². The van der Waals surface area contributed by atoms with E-state index in [1.807, 2.05) is 0 Å². The standard InChI is InChI=1S/C22H18F3NO4/c1-2-30-19(29)11-10-17(27)21-18(28)12-14-4-3-5-16(20(14)26-21)13-6-8-15(9-7-13)22(23,24)25/h3-9,12,28H,2,10-11H2,1H3. The monoisotopic (exact) mass is 417 g/mol. The van der Waals surface area contributed by atoms with Crippen LogP contribution in [0.3, 0.4) is 0 Å². The molecule has 0 unspecified atom stereocenters. The predicted molar refractivity (Wildman–Crippen MR) is 104 cm³/mol. The third-order valence-electron chi connectivity index (χ3n) is 4.47. The number of alkyl halides is 3. The molecule has 0 fully saturated rings. The maximum absolute atomic E-state index is 12.8. The third-order valence-corrected chi connectivity index (χ3v) is 4.47. The number of ketones is 1. The van der Waals surface area contributed by atoms with Crippen LogP contribution in [0, 0.1) is 0 Å². The van der Waals surface area contributed by atoms with Gasteiger partial charge in [0, 0.05) is 17.4 Å². The fourth-order valence-corrected chi connectivity index (χ4v) is 3.03. The Kier molecular flexibility index (Phi) is 6.05. The van der Waals surface area contributed by atoms with Gasteiger partial charge in [-0.2, -0.15) is 13.2 Å². The van der Waals surface area contributed by atoms with Crippen molar-refractivity contribution >= 4 is 22.7 Å². The summed E-state index contributed by atoms with van der Waals surface area (Å²) in [5.74, 6) is -1.40. The number of fused-ring (bicyclic) bond motifs is 1. The Labute approximate surface area is 170 Å². The Balaban J connectivity index is 1.98. The van der Waals surface area contributed by atoms with Gasteiger partial charge in [-0.05, 0) is 30.7 Å². The highest BCUT2D eigenvalue weighted by Gasteiger charge is 2.30. The molecule has 1 heterocycles. The van der Waals surface area contributed by atoms with E-state index in [2.05, 4.69) is 4.98 Å². The van der Waals surface area contributed by atoms with E-state index >= 15 is 0 Å². The van der Waals surface area contributed by atoms with Crippen LogP contribution in [0.1, 0.15) is 35.8 Å². The zero-order valence-corrected chi connectivity index (χ0v) is 16.0. The Hall–Kier alpha value is -3.42. The van der Waals surface area contributed by atoms with Crippen molar-refractivity contribution in [3.05, 3.63) is 59.8 Å². The highest BCUT2D eigenvalue weighted by Crippen LogP contribution is 2.34. The van der Waals surface area contributed by atoms with Crippen LogP contribution in [0.25, 0.3) is 22.0 Å². The molecular weight excluding hydrogens is 399 g/mol. The molecule has 3 rings (SSSR count). The van der Waals surface area contributed by atoms with Crippen molar-refractivity contribution in [3.63, 3.8) is 0 Å². The third kappa shape index (κ3) is 4.59. The van der Waals surface area contributed by atoms with E-state index in [4.69, 9.17) is 4.74 Å². The number of rotatable bonds is 6. The lowest BCUT2D eigenvalue weighted by molar-refractivity contribution is -0.143. The fourth-order valence-electron chi connectivity index (χ4n) is 3.03. The maximum atomic E-state index is 12.8. The lowest BCUT2D eigenvalue weighted by Crippen LogP contribution is -2.09. The van der Waals surface area contributed by atoms with E-state index in [1.165, 1.54) is 18.2 Å². The van der Waals surface area contributed by atoms with Gasteiger partial charge in [-0.1, -0.05) is 30.3 Å². The minimum Gasteiger partial charge on any atom is -0.506 e. The molecule has 156 valence electrons. The summed E-state index contributed by atoms with van der Waals surface area (Å²) in [4.78, 5) is 28.2. The first-order valence-electron chi connectivity index (χ1n) is 9.20. The SMILES string of the molecule is CCOC(=O)CCC(=O)c1nc2c(-c3ccc(C(F)(F)F)cc3)cccc2cc1O. The molecule has 30 heavy (non-hydrogen) atoms. The summed E-state index contributed by atoms with van der Waals surface area (Å²) >= 11 is 0. The molecule has 0 atom stereocenters. The highest BCUT2D eigenvalue weighted by atomic mass is 19.4. The van der Waals surface area contributed by atoms with E-state index in [1.54, 1.807) is 25.1 Å². The van der Waals surface area contributed by atoms with Crippen molar-refractivity contribution < 1.29 is 32.6 Å². The van der Waals surface area contributed by atoms with E-state index in [-0.39, 0.29) is 30.9 Å². The molecule has 2 aromatic carbocycles. The molecule has 0 aliphatic heterocycles. The first kappa shape index (κ1) is 21.3. The van der Waals surface area contributed by atoms with Crippen LogP contribution >= 0.6 is 0 Å². The van der Waals surface area contributed by atoms with Gasteiger partial charge in [0.05, 0.1) is 24.1 Å². The van der Waals surface area contributed by atoms with E-state index < -0.39 is 23.5 Å². The molecule has 0 amide bonds. The molecule has 3 aromatic rings. The summed E-state index contributed by atoms with van der Waals surface area (Å²) in [5, 5.41) is 10.7. The summed E-state index contributed by atoms with van der Waals surface area (Å²) in [6, 6.07) is 11.0. The lowest BCUT2D eigenvalue weighted by atomic mass is 9.99. The summed E-state index contributed by atoms with van der Waals surface area (Å²) < 4.78 is 43.3. The Morgan fingerprint density at radius 2 is 1.77 bits per heavy atom. The molecule has 0 aliphatic carbocycles.